The molecule has 216 valence electrons. The van der Waals surface area contributed by atoms with Crippen molar-refractivity contribution in [2.24, 2.45) is 0 Å². The first-order valence-corrected chi connectivity index (χ1v) is 15.1. The van der Waals surface area contributed by atoms with Crippen LogP contribution in [-0.2, 0) is 4.74 Å². The lowest BCUT2D eigenvalue weighted by Crippen LogP contribution is -2.13. The van der Waals surface area contributed by atoms with Gasteiger partial charge in [-0.15, -0.1) is 0 Å². The summed E-state index contributed by atoms with van der Waals surface area (Å²) in [4.78, 5) is 0. The van der Waals surface area contributed by atoms with Gasteiger partial charge in [-0.25, -0.2) is 9.03 Å². The topological polar surface area (TPSA) is 43.8 Å². The quantitative estimate of drug-likeness (QED) is 0.179. The fourth-order valence-electron chi connectivity index (χ4n) is 6.27. The lowest BCUT2D eigenvalue weighted by Gasteiger charge is -2.26. The lowest BCUT2D eigenvalue weighted by molar-refractivity contribution is 0.0324. The van der Waals surface area contributed by atoms with Gasteiger partial charge in [0.15, 0.2) is 0 Å². The molecule has 0 fully saturated rings. The molecule has 0 aliphatic carbocycles. The Hall–Kier alpha value is -5.78. The molecule has 0 aliphatic heterocycles. The number of aromatic nitrogens is 4. The highest BCUT2D eigenvalue weighted by atomic mass is 16.5. The molecule has 2 atom stereocenters. The van der Waals surface area contributed by atoms with E-state index < -0.39 is 12.2 Å². The van der Waals surface area contributed by atoms with Gasteiger partial charge in [-0.3, -0.25) is 0 Å². The summed E-state index contributed by atoms with van der Waals surface area (Å²) in [6, 6.07) is 50.2. The van der Waals surface area contributed by atoms with Crippen molar-refractivity contribution in [2.45, 2.75) is 12.2 Å². The molecule has 8 aromatic rings. The van der Waals surface area contributed by atoms with Gasteiger partial charge in [0.25, 0.3) is 0 Å². The largest absolute Gasteiger partial charge is 0.356 e. The Labute approximate surface area is 261 Å². The Bertz CT molecular complexity index is 2030. The first-order chi connectivity index (χ1) is 22.3. The highest BCUT2D eigenvalue weighted by Gasteiger charge is 2.29. The van der Waals surface area contributed by atoms with Gasteiger partial charge < -0.3 is 4.74 Å². The molecule has 45 heavy (non-hydrogen) atoms. The zero-order chi connectivity index (χ0) is 30.0. The monoisotopic (exact) mass is 582 g/mol. The van der Waals surface area contributed by atoms with Crippen LogP contribution in [0.25, 0.3) is 33.3 Å². The zero-order valence-electron chi connectivity index (χ0n) is 24.5. The molecule has 0 aliphatic rings. The van der Waals surface area contributed by atoms with Crippen molar-refractivity contribution >= 4 is 11.0 Å². The van der Waals surface area contributed by atoms with Gasteiger partial charge in [-0.05, 0) is 34.4 Å². The fourth-order valence-corrected chi connectivity index (χ4v) is 6.27. The van der Waals surface area contributed by atoms with Crippen LogP contribution < -0.4 is 0 Å². The van der Waals surface area contributed by atoms with E-state index in [9.17, 15) is 0 Å². The maximum atomic E-state index is 7.40. The third-order valence-electron chi connectivity index (χ3n) is 8.35. The smallest absolute Gasteiger partial charge is 0.113 e. The van der Waals surface area contributed by atoms with Gasteiger partial charge in [0.05, 0.1) is 23.4 Å². The summed E-state index contributed by atoms with van der Waals surface area (Å²) in [5.41, 5.74) is 10.6. The molecular weight excluding hydrogens is 552 g/mol. The molecular formula is C40H30N4O. The first kappa shape index (κ1) is 26.8. The lowest BCUT2D eigenvalue weighted by atomic mass is 9.95. The Kier molecular flexibility index (Phi) is 6.98. The van der Waals surface area contributed by atoms with Crippen molar-refractivity contribution in [1.29, 1.82) is 0 Å². The predicted octanol–water partition coefficient (Wildman–Crippen LogP) is 9.21. The van der Waals surface area contributed by atoms with E-state index in [0.717, 1.165) is 55.5 Å². The van der Waals surface area contributed by atoms with E-state index in [-0.39, 0.29) is 0 Å². The first-order valence-electron chi connectivity index (χ1n) is 15.1. The highest BCUT2D eigenvalue weighted by Crippen LogP contribution is 2.42. The van der Waals surface area contributed by atoms with E-state index in [2.05, 4.69) is 109 Å². The van der Waals surface area contributed by atoms with Crippen molar-refractivity contribution in [3.05, 3.63) is 193 Å². The van der Waals surface area contributed by atoms with Crippen molar-refractivity contribution in [2.75, 3.05) is 0 Å². The average Bonchev–Trinajstić information content (AvgIpc) is 3.75. The summed E-state index contributed by atoms with van der Waals surface area (Å²) in [5.74, 6) is 0. The SMILES string of the molecule is c1ccc(-c2cccn3ncc(C(OC(c4ccccc4)c4cnn5cccc(-c6ccccc6)c45)c4ccccc4)c23)cc1. The second-order valence-corrected chi connectivity index (χ2v) is 11.1. The van der Waals surface area contributed by atoms with E-state index in [1.807, 2.05) is 70.2 Å². The number of hydrogen-bond acceptors (Lipinski definition) is 3. The fraction of sp³-hybridized carbons (Fsp3) is 0.0500. The van der Waals surface area contributed by atoms with E-state index in [4.69, 9.17) is 14.9 Å². The number of ether oxygens (including phenoxy) is 1. The van der Waals surface area contributed by atoms with Crippen molar-refractivity contribution in [3.8, 4) is 22.3 Å². The van der Waals surface area contributed by atoms with Crippen LogP contribution in [0.3, 0.4) is 0 Å². The number of rotatable bonds is 8. The van der Waals surface area contributed by atoms with Crippen LogP contribution in [0, 0.1) is 0 Å². The van der Waals surface area contributed by atoms with Gasteiger partial charge in [0.2, 0.25) is 0 Å². The molecule has 0 radical (unpaired) electrons. The van der Waals surface area contributed by atoms with Crippen LogP contribution >= 0.6 is 0 Å². The highest BCUT2D eigenvalue weighted by molar-refractivity contribution is 5.84. The van der Waals surface area contributed by atoms with E-state index in [1.54, 1.807) is 0 Å². The Morgan fingerprint density at radius 3 is 1.20 bits per heavy atom. The van der Waals surface area contributed by atoms with Crippen LogP contribution in [0.2, 0.25) is 0 Å². The maximum Gasteiger partial charge on any atom is 0.113 e. The third kappa shape index (κ3) is 4.99. The molecule has 4 aromatic carbocycles. The van der Waals surface area contributed by atoms with Gasteiger partial charge in [0, 0.05) is 34.6 Å². The van der Waals surface area contributed by atoms with Gasteiger partial charge >= 0.3 is 0 Å². The molecule has 0 spiro atoms. The normalized spacial score (nSPS) is 12.8. The zero-order valence-corrected chi connectivity index (χ0v) is 24.5. The maximum absolute atomic E-state index is 7.40. The third-order valence-corrected chi connectivity index (χ3v) is 8.35. The molecule has 8 rings (SSSR count). The summed E-state index contributed by atoms with van der Waals surface area (Å²) in [7, 11) is 0. The van der Waals surface area contributed by atoms with Crippen LogP contribution in [0.1, 0.15) is 34.5 Å². The van der Waals surface area contributed by atoms with Crippen molar-refractivity contribution in [3.63, 3.8) is 0 Å². The molecule has 0 saturated heterocycles. The minimum absolute atomic E-state index is 0.419. The minimum atomic E-state index is -0.419. The second kappa shape index (κ2) is 11.7. The summed E-state index contributed by atoms with van der Waals surface area (Å²) in [6.45, 7) is 0. The van der Waals surface area contributed by atoms with Gasteiger partial charge in [-0.1, -0.05) is 133 Å². The molecule has 0 bridgehead atoms. The minimum Gasteiger partial charge on any atom is -0.356 e. The summed E-state index contributed by atoms with van der Waals surface area (Å²) in [6.07, 6.45) is 7.06. The molecule has 5 heteroatoms. The molecule has 4 aromatic heterocycles. The predicted molar refractivity (Wildman–Crippen MR) is 179 cm³/mol. The summed E-state index contributed by atoms with van der Waals surface area (Å²) < 4.78 is 11.3. The number of benzene rings is 4. The van der Waals surface area contributed by atoms with Gasteiger partial charge in [-0.2, -0.15) is 10.2 Å². The Morgan fingerprint density at radius 2 is 0.800 bits per heavy atom. The Morgan fingerprint density at radius 1 is 0.422 bits per heavy atom. The Balaban J connectivity index is 1.34. The molecule has 5 nitrogen and oxygen atoms in total. The number of pyridine rings is 2. The average molecular weight is 583 g/mol. The van der Waals surface area contributed by atoms with Gasteiger partial charge in [0.1, 0.15) is 12.2 Å². The van der Waals surface area contributed by atoms with E-state index >= 15 is 0 Å². The van der Waals surface area contributed by atoms with Crippen LogP contribution in [-0.4, -0.2) is 19.2 Å². The number of nitrogens with zero attached hydrogens (tertiary/aromatic N) is 4. The molecule has 0 N–H and O–H groups in total. The van der Waals surface area contributed by atoms with Crippen LogP contribution in [0.15, 0.2) is 170 Å². The number of hydrogen-bond donors (Lipinski definition) is 0. The summed E-state index contributed by atoms with van der Waals surface area (Å²) >= 11 is 0. The van der Waals surface area contributed by atoms with Crippen molar-refractivity contribution < 1.29 is 4.74 Å². The van der Waals surface area contributed by atoms with Crippen LogP contribution in [0.5, 0.6) is 0 Å². The molecule has 2 unspecified atom stereocenters. The second-order valence-electron chi connectivity index (χ2n) is 11.1. The van der Waals surface area contributed by atoms with Crippen LogP contribution in [0.4, 0.5) is 0 Å². The van der Waals surface area contributed by atoms with E-state index in [0.29, 0.717) is 0 Å². The molecule has 0 saturated carbocycles. The standard InChI is InChI=1S/C40H30N4O/c1-5-15-29(16-6-1)33-23-13-25-43-37(33)35(27-41-43)39(31-19-9-3-10-20-31)45-40(32-21-11-4-12-22-32)36-28-42-44-26-14-24-34(38(36)44)30-17-7-2-8-18-30/h1-28,39-40H. The molecule has 4 heterocycles. The molecule has 0 amide bonds. The van der Waals surface area contributed by atoms with Crippen molar-refractivity contribution in [1.82, 2.24) is 19.2 Å². The van der Waals surface area contributed by atoms with E-state index in [1.165, 1.54) is 0 Å². The summed E-state index contributed by atoms with van der Waals surface area (Å²) in [5, 5.41) is 9.64. The number of fused-ring (bicyclic) bond motifs is 2.